The van der Waals surface area contributed by atoms with E-state index in [-0.39, 0.29) is 10.8 Å². The zero-order valence-electron chi connectivity index (χ0n) is 48.9. The molecule has 0 amide bonds. The van der Waals surface area contributed by atoms with Crippen LogP contribution in [0.4, 0.5) is 0 Å². The van der Waals surface area contributed by atoms with Gasteiger partial charge in [-0.3, -0.25) is 0 Å². The summed E-state index contributed by atoms with van der Waals surface area (Å²) in [4.78, 5) is 0. The lowest BCUT2D eigenvalue weighted by molar-refractivity contribution is 0.522. The molecule has 0 N–H and O–H groups in total. The second kappa shape index (κ2) is 17.9. The quantitative estimate of drug-likeness (QED) is 0.150. The molecule has 18 aromatic rings. The fraction of sp³-hybridized carbons (Fsp3) is 0.0952. The third kappa shape index (κ3) is 7.45. The maximum atomic E-state index is 2.53. The Hall–Kier alpha value is -10.3. The second-order valence-corrected chi connectivity index (χ2v) is 26.3. The van der Waals surface area contributed by atoms with Crippen LogP contribution in [-0.4, -0.2) is 8.80 Å². The summed E-state index contributed by atoms with van der Waals surface area (Å²) in [5.41, 5.74) is 21.6. The molecule has 2 heteroatoms. The van der Waals surface area contributed by atoms with Gasteiger partial charge in [0, 0.05) is 43.1 Å². The van der Waals surface area contributed by atoms with Crippen molar-refractivity contribution in [2.24, 2.45) is 0 Å². The van der Waals surface area contributed by atoms with Crippen molar-refractivity contribution in [3.8, 4) is 44.5 Å². The van der Waals surface area contributed by atoms with Crippen LogP contribution >= 0.6 is 0 Å². The minimum atomic E-state index is -0.0934. The minimum Gasteiger partial charge on any atom is -0.308 e. The molecule has 0 bridgehead atoms. The fourth-order valence-electron chi connectivity index (χ4n) is 15.0. The summed E-state index contributed by atoms with van der Waals surface area (Å²) in [5, 5.41) is 20.5. The highest BCUT2D eigenvalue weighted by Gasteiger charge is 2.24. The fourth-order valence-corrected chi connectivity index (χ4v) is 15.0. The molecule has 0 atom stereocenters. The number of hydrogen-bond acceptors (Lipinski definition) is 0. The molecule has 406 valence electrons. The summed E-state index contributed by atoms with van der Waals surface area (Å²) in [6, 6.07) is 99.3. The highest BCUT2D eigenvalue weighted by molar-refractivity contribution is 6.27. The van der Waals surface area contributed by atoms with Crippen LogP contribution in [0.5, 0.6) is 0 Å². The minimum absolute atomic E-state index is 0.0934. The summed E-state index contributed by atoms with van der Waals surface area (Å²) in [6.07, 6.45) is 0.922. The molecule has 0 saturated carbocycles. The number of hydrogen-bond donors (Lipinski definition) is 0. The Labute approximate surface area is 499 Å². The van der Waals surface area contributed by atoms with Crippen LogP contribution in [0.3, 0.4) is 0 Å². The van der Waals surface area contributed by atoms with E-state index in [1.165, 1.54) is 180 Å². The van der Waals surface area contributed by atoms with Gasteiger partial charge in [0.15, 0.2) is 0 Å². The van der Waals surface area contributed by atoms with E-state index in [0.717, 1.165) is 6.42 Å². The Bertz CT molecular complexity index is 5830. The molecule has 18 rings (SSSR count). The van der Waals surface area contributed by atoms with Crippen molar-refractivity contribution >= 4 is 119 Å². The standard InChI is InChI=1S/C84H60N2/c1-83(2,3)67-32-28-52(29-33-67)56-21-25-60-42-74-70-17-10-18-71-75-43-61-26-22-57(39-65(61)47-79(75)85(81(70)71)78(74)46-64(60)38-56)53-30-34-68(35-31-53)84(4,5)49-50-12-9-15-54(36-50)58-23-27-62-44-76-72-19-11-16-69-73-41-59-24-20-55(51-13-7-6-8-14-51)37-63(59)45-77(73)86(82(69)72)80(76)48-66(62)40-58/h6-48H,49H2,1-5H3. The highest BCUT2D eigenvalue weighted by Crippen LogP contribution is 2.45. The van der Waals surface area contributed by atoms with E-state index < -0.39 is 0 Å². The van der Waals surface area contributed by atoms with E-state index in [9.17, 15) is 0 Å². The normalized spacial score (nSPS) is 12.8. The smallest absolute Gasteiger partial charge is 0.0620 e. The third-order valence-electron chi connectivity index (χ3n) is 19.6. The summed E-state index contributed by atoms with van der Waals surface area (Å²) < 4.78 is 5.06. The first-order chi connectivity index (χ1) is 41.9. The van der Waals surface area contributed by atoms with E-state index >= 15 is 0 Å². The molecule has 0 fully saturated rings. The van der Waals surface area contributed by atoms with E-state index in [1.54, 1.807) is 0 Å². The van der Waals surface area contributed by atoms with Gasteiger partial charge in [-0.1, -0.05) is 223 Å². The van der Waals surface area contributed by atoms with Gasteiger partial charge in [-0.15, -0.1) is 0 Å². The average Bonchev–Trinajstić information content (AvgIpc) is 1.62. The molecule has 0 aliphatic carbocycles. The van der Waals surface area contributed by atoms with Crippen molar-refractivity contribution in [2.75, 3.05) is 0 Å². The topological polar surface area (TPSA) is 8.82 Å². The van der Waals surface area contributed by atoms with Gasteiger partial charge < -0.3 is 8.80 Å². The molecule has 4 aromatic heterocycles. The lowest BCUT2D eigenvalue weighted by Crippen LogP contribution is -2.20. The molecule has 0 spiro atoms. The molecule has 86 heavy (non-hydrogen) atoms. The first-order valence-corrected chi connectivity index (χ1v) is 30.5. The molecule has 0 saturated heterocycles. The van der Waals surface area contributed by atoms with Crippen molar-refractivity contribution in [3.05, 3.63) is 278 Å². The van der Waals surface area contributed by atoms with Gasteiger partial charge in [-0.05, 0) is 194 Å². The summed E-state index contributed by atoms with van der Waals surface area (Å²) in [7, 11) is 0. The molecule has 0 aliphatic heterocycles. The Morgan fingerprint density at radius 2 is 0.570 bits per heavy atom. The third-order valence-corrected chi connectivity index (χ3v) is 19.6. The van der Waals surface area contributed by atoms with Crippen molar-refractivity contribution in [1.29, 1.82) is 0 Å². The Morgan fingerprint density at radius 3 is 0.965 bits per heavy atom. The van der Waals surface area contributed by atoms with Crippen LogP contribution in [0.25, 0.3) is 164 Å². The van der Waals surface area contributed by atoms with Gasteiger partial charge in [0.2, 0.25) is 0 Å². The number of nitrogens with zero attached hydrogens (tertiary/aromatic N) is 2. The van der Waals surface area contributed by atoms with Crippen LogP contribution in [0, 0.1) is 0 Å². The van der Waals surface area contributed by atoms with Gasteiger partial charge in [0.1, 0.15) is 0 Å². The molecule has 0 unspecified atom stereocenters. The van der Waals surface area contributed by atoms with Crippen LogP contribution in [0.15, 0.2) is 261 Å². The zero-order chi connectivity index (χ0) is 57.3. The van der Waals surface area contributed by atoms with Gasteiger partial charge >= 0.3 is 0 Å². The number of aromatic nitrogens is 2. The van der Waals surface area contributed by atoms with Gasteiger partial charge in [0.05, 0.1) is 33.1 Å². The van der Waals surface area contributed by atoms with E-state index in [0.29, 0.717) is 0 Å². The molecule has 4 heterocycles. The molecular weight excluding hydrogens is 1040 g/mol. The second-order valence-electron chi connectivity index (χ2n) is 26.3. The number of para-hydroxylation sites is 2. The lowest BCUT2D eigenvalue weighted by atomic mass is 9.78. The predicted octanol–water partition coefficient (Wildman–Crippen LogP) is 23.1. The number of fused-ring (bicyclic) bond motifs is 16. The maximum absolute atomic E-state index is 2.53. The predicted molar refractivity (Wildman–Crippen MR) is 369 cm³/mol. The van der Waals surface area contributed by atoms with E-state index in [1.807, 2.05) is 0 Å². The largest absolute Gasteiger partial charge is 0.308 e. The first-order valence-electron chi connectivity index (χ1n) is 30.5. The van der Waals surface area contributed by atoms with Gasteiger partial charge in [-0.25, -0.2) is 0 Å². The Kier molecular flexibility index (Phi) is 10.2. The first kappa shape index (κ1) is 49.2. The Morgan fingerprint density at radius 1 is 0.244 bits per heavy atom. The van der Waals surface area contributed by atoms with Crippen molar-refractivity contribution in [2.45, 2.75) is 51.9 Å². The lowest BCUT2D eigenvalue weighted by Gasteiger charge is -2.26. The average molecular weight is 1100 g/mol. The van der Waals surface area contributed by atoms with Crippen molar-refractivity contribution in [1.82, 2.24) is 8.80 Å². The molecule has 14 aromatic carbocycles. The number of rotatable bonds is 7. The molecule has 2 nitrogen and oxygen atoms in total. The van der Waals surface area contributed by atoms with Gasteiger partial charge in [-0.2, -0.15) is 0 Å². The summed E-state index contributed by atoms with van der Waals surface area (Å²) in [5.74, 6) is 0. The summed E-state index contributed by atoms with van der Waals surface area (Å²) >= 11 is 0. The monoisotopic (exact) mass is 1100 g/mol. The van der Waals surface area contributed by atoms with Crippen LogP contribution < -0.4 is 0 Å². The molecule has 0 aliphatic rings. The van der Waals surface area contributed by atoms with Crippen LogP contribution in [-0.2, 0) is 17.3 Å². The van der Waals surface area contributed by atoms with E-state index in [4.69, 9.17) is 0 Å². The molecular formula is C84H60N2. The zero-order valence-corrected chi connectivity index (χ0v) is 48.9. The maximum Gasteiger partial charge on any atom is 0.0620 e. The van der Waals surface area contributed by atoms with Crippen LogP contribution in [0.2, 0.25) is 0 Å². The SMILES string of the molecule is CC(C)(C)c1ccc(-c2ccc3cc4c5cccc6c7cc8ccc(-c9ccc(C(C)(C)Cc%10cccc(-c%11ccc%12cc%13c%14cccc%15c%16cc%17ccc(-c%18ccccc%18)cc%17cc%16n(c%13cc%12c%11)c%15%14)c%10)cc9)cc8cc7n(c4cc3c2)c56)cc1. The summed E-state index contributed by atoms with van der Waals surface area (Å²) in [6.45, 7) is 11.6. The highest BCUT2D eigenvalue weighted by atomic mass is 14.9. The van der Waals surface area contributed by atoms with Crippen molar-refractivity contribution < 1.29 is 0 Å². The molecule has 0 radical (unpaired) electrons. The van der Waals surface area contributed by atoms with Gasteiger partial charge in [0.25, 0.3) is 0 Å². The van der Waals surface area contributed by atoms with Crippen molar-refractivity contribution in [3.63, 3.8) is 0 Å². The Balaban J connectivity index is 0.646. The van der Waals surface area contributed by atoms with E-state index in [2.05, 4.69) is 304 Å². The van der Waals surface area contributed by atoms with Crippen LogP contribution in [0.1, 0.15) is 51.3 Å². The number of benzene rings is 14.